The van der Waals surface area contributed by atoms with Gasteiger partial charge < -0.3 is 4.74 Å². The van der Waals surface area contributed by atoms with Crippen LogP contribution in [0.5, 0.6) is 0 Å². The maximum atomic E-state index is 13.6. The molecule has 5 heteroatoms. The summed E-state index contributed by atoms with van der Waals surface area (Å²) in [5, 5.41) is 0. The van der Waals surface area contributed by atoms with Crippen LogP contribution in [0.15, 0.2) is 32.7 Å². The minimum atomic E-state index is -0.281. The lowest BCUT2D eigenvalue weighted by Gasteiger charge is -2.07. The Balaban J connectivity index is 1.97. The molecule has 1 aliphatic carbocycles. The fourth-order valence-corrected chi connectivity index (χ4v) is 2.11. The molecule has 0 N–H and O–H groups in total. The number of amidine groups is 1. The fourth-order valence-electron chi connectivity index (χ4n) is 1.77. The summed E-state index contributed by atoms with van der Waals surface area (Å²) in [6.07, 6.45) is 2.30. The van der Waals surface area contributed by atoms with Gasteiger partial charge in [0.2, 0.25) is 0 Å². The van der Waals surface area contributed by atoms with Crippen LogP contribution in [-0.2, 0) is 11.3 Å². The predicted molar refractivity (Wildman–Crippen MR) is 82.7 cm³/mol. The maximum absolute atomic E-state index is 13.6. The minimum Gasteiger partial charge on any atom is -0.476 e. The van der Waals surface area contributed by atoms with Crippen molar-refractivity contribution >= 4 is 27.7 Å². The second-order valence-electron chi connectivity index (χ2n) is 4.76. The smallest absolute Gasteiger partial charge is 0.186 e. The first-order chi connectivity index (χ1) is 9.60. The Kier molecular flexibility index (Phi) is 5.29. The molecule has 1 aliphatic rings. The molecule has 0 heterocycles. The Labute approximate surface area is 127 Å². The fraction of sp³-hybridized carbons (Fsp3) is 0.467. The van der Waals surface area contributed by atoms with E-state index in [2.05, 4.69) is 25.9 Å². The molecule has 108 valence electrons. The van der Waals surface area contributed by atoms with Gasteiger partial charge in [0.15, 0.2) is 5.90 Å². The molecule has 0 aliphatic heterocycles. The number of ether oxygens (including phenoxy) is 1. The van der Waals surface area contributed by atoms with Crippen molar-refractivity contribution in [3.05, 3.63) is 34.1 Å². The van der Waals surface area contributed by atoms with Crippen molar-refractivity contribution in [3.63, 3.8) is 0 Å². The van der Waals surface area contributed by atoms with Gasteiger partial charge in [0.1, 0.15) is 18.3 Å². The second kappa shape index (κ2) is 6.97. The van der Waals surface area contributed by atoms with E-state index in [0.29, 0.717) is 17.4 Å². The number of aliphatic imine (C=N–C) groups is 2. The lowest BCUT2D eigenvalue weighted by atomic mass is 10.2. The predicted octanol–water partition coefficient (Wildman–Crippen LogP) is 4.35. The van der Waals surface area contributed by atoms with Crippen molar-refractivity contribution in [2.45, 2.75) is 33.3 Å². The van der Waals surface area contributed by atoms with Gasteiger partial charge in [-0.1, -0.05) is 22.0 Å². The highest BCUT2D eigenvalue weighted by Gasteiger charge is 2.27. The first-order valence-corrected chi connectivity index (χ1v) is 7.55. The highest BCUT2D eigenvalue weighted by Crippen LogP contribution is 2.31. The SMILES string of the molecule is CC/N=C(\N=C(C)OCc1ccc(Br)cc1F)C1CC1. The van der Waals surface area contributed by atoms with E-state index in [1.165, 1.54) is 6.07 Å². The highest BCUT2D eigenvalue weighted by molar-refractivity contribution is 9.10. The molecule has 3 nitrogen and oxygen atoms in total. The van der Waals surface area contributed by atoms with Gasteiger partial charge in [-0.25, -0.2) is 9.38 Å². The number of nitrogens with zero attached hydrogens (tertiary/aromatic N) is 2. The highest BCUT2D eigenvalue weighted by atomic mass is 79.9. The molecule has 0 atom stereocenters. The van der Waals surface area contributed by atoms with Crippen LogP contribution >= 0.6 is 15.9 Å². The first kappa shape index (κ1) is 15.2. The van der Waals surface area contributed by atoms with Crippen LogP contribution in [0.4, 0.5) is 4.39 Å². The summed E-state index contributed by atoms with van der Waals surface area (Å²) >= 11 is 3.23. The van der Waals surface area contributed by atoms with Crippen molar-refractivity contribution in [1.82, 2.24) is 0 Å². The summed E-state index contributed by atoms with van der Waals surface area (Å²) in [4.78, 5) is 8.78. The average molecular weight is 341 g/mol. The van der Waals surface area contributed by atoms with E-state index in [1.807, 2.05) is 6.92 Å². The van der Waals surface area contributed by atoms with Gasteiger partial charge in [0, 0.05) is 29.4 Å². The molecule has 0 aromatic heterocycles. The van der Waals surface area contributed by atoms with Gasteiger partial charge in [-0.15, -0.1) is 0 Å². The summed E-state index contributed by atoms with van der Waals surface area (Å²) in [5.74, 6) is 1.60. The summed E-state index contributed by atoms with van der Waals surface area (Å²) in [7, 11) is 0. The van der Waals surface area contributed by atoms with Gasteiger partial charge in [-0.05, 0) is 31.9 Å². The van der Waals surface area contributed by atoms with E-state index in [-0.39, 0.29) is 12.4 Å². The van der Waals surface area contributed by atoms with Crippen LogP contribution in [0.25, 0.3) is 0 Å². The third kappa shape index (κ3) is 4.40. The largest absolute Gasteiger partial charge is 0.476 e. The second-order valence-corrected chi connectivity index (χ2v) is 5.68. The molecule has 1 saturated carbocycles. The van der Waals surface area contributed by atoms with Gasteiger partial charge in [0.25, 0.3) is 0 Å². The number of halogens is 2. The zero-order chi connectivity index (χ0) is 14.5. The molecule has 1 fully saturated rings. The van der Waals surface area contributed by atoms with Crippen LogP contribution < -0.4 is 0 Å². The van der Waals surface area contributed by atoms with E-state index in [0.717, 1.165) is 29.7 Å². The van der Waals surface area contributed by atoms with Gasteiger partial charge in [-0.2, -0.15) is 0 Å². The quantitative estimate of drug-likeness (QED) is 0.592. The van der Waals surface area contributed by atoms with Crippen LogP contribution in [-0.4, -0.2) is 18.3 Å². The molecule has 0 radical (unpaired) electrons. The molecule has 1 aromatic rings. The van der Waals surface area contributed by atoms with Crippen molar-refractivity contribution in [1.29, 1.82) is 0 Å². The topological polar surface area (TPSA) is 34.0 Å². The van der Waals surface area contributed by atoms with Crippen LogP contribution in [0.3, 0.4) is 0 Å². The third-order valence-corrected chi connectivity index (χ3v) is 3.48. The molecule has 0 bridgehead atoms. The zero-order valence-electron chi connectivity index (χ0n) is 11.7. The standard InChI is InChI=1S/C15H18BrFN2O/c1-3-18-15(11-4-5-11)19-10(2)20-9-12-6-7-13(16)8-14(12)17/h6-8,11H,3-5,9H2,1-2H3/b18-15-,19-10?. The molecule has 2 rings (SSSR count). The van der Waals surface area contributed by atoms with Crippen molar-refractivity contribution in [3.8, 4) is 0 Å². The Bertz CT molecular complexity index is 539. The Morgan fingerprint density at radius 2 is 2.20 bits per heavy atom. The van der Waals surface area contributed by atoms with Crippen molar-refractivity contribution in [2.75, 3.05) is 6.54 Å². The van der Waals surface area contributed by atoms with Crippen molar-refractivity contribution < 1.29 is 9.13 Å². The summed E-state index contributed by atoms with van der Waals surface area (Å²) < 4.78 is 19.9. The Hall–Kier alpha value is -1.23. The van der Waals surface area contributed by atoms with Crippen LogP contribution in [0, 0.1) is 11.7 Å². The van der Waals surface area contributed by atoms with E-state index >= 15 is 0 Å². The lowest BCUT2D eigenvalue weighted by Crippen LogP contribution is -2.07. The van der Waals surface area contributed by atoms with Crippen molar-refractivity contribution in [2.24, 2.45) is 15.9 Å². The molecule has 0 spiro atoms. The first-order valence-electron chi connectivity index (χ1n) is 6.76. The van der Waals surface area contributed by atoms with Gasteiger partial charge >= 0.3 is 0 Å². The van der Waals surface area contributed by atoms with Crippen LogP contribution in [0.1, 0.15) is 32.3 Å². The molecule has 0 saturated heterocycles. The van der Waals surface area contributed by atoms with E-state index in [1.54, 1.807) is 19.1 Å². The molecular weight excluding hydrogens is 323 g/mol. The summed E-state index contributed by atoms with van der Waals surface area (Å²) in [6, 6.07) is 4.93. The van der Waals surface area contributed by atoms with Gasteiger partial charge in [0.05, 0.1) is 0 Å². The number of hydrogen-bond acceptors (Lipinski definition) is 2. The van der Waals surface area contributed by atoms with E-state index in [4.69, 9.17) is 4.74 Å². The normalized spacial score (nSPS) is 16.4. The molecule has 20 heavy (non-hydrogen) atoms. The maximum Gasteiger partial charge on any atom is 0.186 e. The van der Waals surface area contributed by atoms with Gasteiger partial charge in [-0.3, -0.25) is 4.99 Å². The third-order valence-electron chi connectivity index (χ3n) is 2.99. The molecule has 0 amide bonds. The zero-order valence-corrected chi connectivity index (χ0v) is 13.3. The number of rotatable bonds is 4. The monoisotopic (exact) mass is 340 g/mol. The minimum absolute atomic E-state index is 0.179. The lowest BCUT2D eigenvalue weighted by molar-refractivity contribution is 0.284. The average Bonchev–Trinajstić information content (AvgIpc) is 3.21. The Morgan fingerprint density at radius 1 is 1.45 bits per heavy atom. The van der Waals surface area contributed by atoms with E-state index in [9.17, 15) is 4.39 Å². The molecule has 0 unspecified atom stereocenters. The Morgan fingerprint density at radius 3 is 2.80 bits per heavy atom. The molecule has 1 aromatic carbocycles. The number of benzene rings is 1. The van der Waals surface area contributed by atoms with Crippen LogP contribution in [0.2, 0.25) is 0 Å². The van der Waals surface area contributed by atoms with E-state index < -0.39 is 0 Å². The number of hydrogen-bond donors (Lipinski definition) is 0. The summed E-state index contributed by atoms with van der Waals surface area (Å²) in [6.45, 7) is 4.68. The summed E-state index contributed by atoms with van der Waals surface area (Å²) in [5.41, 5.74) is 0.517. The molecular formula is C15H18BrFN2O.